The first kappa shape index (κ1) is 11.2. The SMILES string of the molecule is CC(C)(C)OC(=O)N1C[C@H]2C/C(=N\O)[C@@H]1C2. The molecular weight excluding hydrogens is 208 g/mol. The van der Waals surface area contributed by atoms with Crippen molar-refractivity contribution in [3.8, 4) is 0 Å². The zero-order valence-corrected chi connectivity index (χ0v) is 9.93. The maximum atomic E-state index is 11.9. The van der Waals surface area contributed by atoms with Crippen molar-refractivity contribution < 1.29 is 14.7 Å². The average Bonchev–Trinajstić information content (AvgIpc) is 2.72. The van der Waals surface area contributed by atoms with Crippen molar-refractivity contribution in [1.29, 1.82) is 0 Å². The molecule has 0 unspecified atom stereocenters. The van der Waals surface area contributed by atoms with Gasteiger partial charge in [-0.15, -0.1) is 0 Å². The summed E-state index contributed by atoms with van der Waals surface area (Å²) in [6.07, 6.45) is 1.40. The summed E-state index contributed by atoms with van der Waals surface area (Å²) in [6.45, 7) is 6.26. The topological polar surface area (TPSA) is 62.1 Å². The first-order valence-electron chi connectivity index (χ1n) is 5.61. The van der Waals surface area contributed by atoms with Crippen LogP contribution in [0, 0.1) is 5.92 Å². The Kier molecular flexibility index (Phi) is 2.56. The number of carbonyl (C=O) groups excluding carboxylic acids is 1. The zero-order valence-electron chi connectivity index (χ0n) is 9.93. The van der Waals surface area contributed by atoms with E-state index >= 15 is 0 Å². The van der Waals surface area contributed by atoms with Crippen molar-refractivity contribution >= 4 is 11.8 Å². The lowest BCUT2D eigenvalue weighted by atomic mass is 10.1. The quantitative estimate of drug-likeness (QED) is 0.506. The number of ether oxygens (including phenoxy) is 1. The Bertz CT molecular complexity index is 333. The molecule has 2 atom stereocenters. The summed E-state index contributed by atoms with van der Waals surface area (Å²) < 4.78 is 5.32. The molecule has 90 valence electrons. The van der Waals surface area contributed by atoms with Crippen LogP contribution in [-0.4, -0.2) is 40.1 Å². The minimum Gasteiger partial charge on any atom is -0.444 e. The standard InChI is InChI=1S/C11H18N2O3/c1-11(2,3)16-10(14)13-6-7-4-8(12-15)9(13)5-7/h7,9,15H,4-6H2,1-3H3/b12-8+/t7-,9-/m0/s1. The molecule has 1 saturated heterocycles. The zero-order chi connectivity index (χ0) is 11.9. The van der Waals surface area contributed by atoms with E-state index in [4.69, 9.17) is 9.94 Å². The molecule has 2 fully saturated rings. The Hall–Kier alpha value is -1.26. The van der Waals surface area contributed by atoms with Crippen molar-refractivity contribution in [2.75, 3.05) is 6.54 Å². The minimum absolute atomic E-state index is 0.0511. The highest BCUT2D eigenvalue weighted by atomic mass is 16.6. The third-order valence-corrected chi connectivity index (χ3v) is 3.03. The van der Waals surface area contributed by atoms with Gasteiger partial charge >= 0.3 is 6.09 Å². The summed E-state index contributed by atoms with van der Waals surface area (Å²) in [5.74, 6) is 0.434. The molecule has 0 aromatic rings. The Labute approximate surface area is 95.1 Å². The fourth-order valence-electron chi connectivity index (χ4n) is 2.45. The van der Waals surface area contributed by atoms with Crippen LogP contribution in [0.4, 0.5) is 4.79 Å². The second-order valence-electron chi connectivity index (χ2n) is 5.55. The normalized spacial score (nSPS) is 31.2. The van der Waals surface area contributed by atoms with E-state index < -0.39 is 5.60 Å². The number of nitrogens with zero attached hydrogens (tertiary/aromatic N) is 2. The Morgan fingerprint density at radius 1 is 1.56 bits per heavy atom. The summed E-state index contributed by atoms with van der Waals surface area (Å²) in [4.78, 5) is 13.6. The van der Waals surface area contributed by atoms with E-state index in [1.807, 2.05) is 20.8 Å². The van der Waals surface area contributed by atoms with E-state index in [0.29, 0.717) is 11.6 Å². The lowest BCUT2D eigenvalue weighted by molar-refractivity contribution is 0.0248. The first-order chi connectivity index (χ1) is 7.40. The Morgan fingerprint density at radius 2 is 2.25 bits per heavy atom. The van der Waals surface area contributed by atoms with E-state index in [9.17, 15) is 4.79 Å². The Morgan fingerprint density at radius 3 is 2.75 bits per heavy atom. The molecule has 16 heavy (non-hydrogen) atoms. The number of likely N-dealkylation sites (tertiary alicyclic amines) is 1. The third kappa shape index (κ3) is 1.99. The highest BCUT2D eigenvalue weighted by Crippen LogP contribution is 2.36. The number of oxime groups is 1. The van der Waals surface area contributed by atoms with Crippen LogP contribution >= 0.6 is 0 Å². The van der Waals surface area contributed by atoms with Gasteiger partial charge in [0.15, 0.2) is 0 Å². The molecular formula is C11H18N2O3. The van der Waals surface area contributed by atoms with Crippen LogP contribution in [0.5, 0.6) is 0 Å². The molecule has 1 heterocycles. The molecule has 0 radical (unpaired) electrons. The molecule has 1 aliphatic carbocycles. The lowest BCUT2D eigenvalue weighted by Gasteiger charge is -2.30. The summed E-state index contributed by atoms with van der Waals surface area (Å²) in [7, 11) is 0. The number of carbonyl (C=O) groups is 1. The van der Waals surface area contributed by atoms with Crippen molar-refractivity contribution in [1.82, 2.24) is 4.90 Å². The van der Waals surface area contributed by atoms with Crippen molar-refractivity contribution in [3.05, 3.63) is 0 Å². The number of hydrogen-bond donors (Lipinski definition) is 1. The average molecular weight is 226 g/mol. The molecule has 5 heteroatoms. The van der Waals surface area contributed by atoms with Crippen LogP contribution in [0.1, 0.15) is 33.6 Å². The molecule has 1 saturated carbocycles. The smallest absolute Gasteiger partial charge is 0.410 e. The largest absolute Gasteiger partial charge is 0.444 e. The van der Waals surface area contributed by atoms with E-state index in [0.717, 1.165) is 19.4 Å². The number of amides is 1. The molecule has 0 aromatic heterocycles. The molecule has 1 N–H and O–H groups in total. The van der Waals surface area contributed by atoms with Crippen LogP contribution in [0.15, 0.2) is 5.16 Å². The van der Waals surface area contributed by atoms with Gasteiger partial charge in [0.05, 0.1) is 11.8 Å². The number of hydrogen-bond acceptors (Lipinski definition) is 4. The monoisotopic (exact) mass is 226 g/mol. The fourth-order valence-corrected chi connectivity index (χ4v) is 2.45. The number of rotatable bonds is 0. The molecule has 2 rings (SSSR count). The third-order valence-electron chi connectivity index (χ3n) is 3.03. The number of fused-ring (bicyclic) bond motifs is 2. The highest BCUT2D eigenvalue weighted by molar-refractivity contribution is 5.95. The molecule has 0 spiro atoms. The predicted molar refractivity (Wildman–Crippen MR) is 58.7 cm³/mol. The maximum absolute atomic E-state index is 11.9. The second-order valence-corrected chi connectivity index (χ2v) is 5.55. The fraction of sp³-hybridized carbons (Fsp3) is 0.818. The molecule has 2 bridgehead atoms. The summed E-state index contributed by atoms with van der Waals surface area (Å²) >= 11 is 0. The molecule has 1 amide bonds. The van der Waals surface area contributed by atoms with E-state index in [1.165, 1.54) is 0 Å². The Balaban J connectivity index is 2.04. The summed E-state index contributed by atoms with van der Waals surface area (Å²) in [5, 5.41) is 12.1. The van der Waals surface area contributed by atoms with Crippen molar-refractivity contribution in [2.45, 2.75) is 45.3 Å². The van der Waals surface area contributed by atoms with Crippen LogP contribution < -0.4 is 0 Å². The van der Waals surface area contributed by atoms with Gasteiger partial charge in [0.25, 0.3) is 0 Å². The van der Waals surface area contributed by atoms with E-state index in [1.54, 1.807) is 4.90 Å². The van der Waals surface area contributed by atoms with Crippen molar-refractivity contribution in [3.63, 3.8) is 0 Å². The van der Waals surface area contributed by atoms with Gasteiger partial charge in [0, 0.05) is 6.54 Å². The minimum atomic E-state index is -0.477. The number of piperidine rings is 1. The van der Waals surface area contributed by atoms with E-state index in [2.05, 4.69) is 5.16 Å². The predicted octanol–water partition coefficient (Wildman–Crippen LogP) is 1.85. The van der Waals surface area contributed by atoms with Crippen LogP contribution in [-0.2, 0) is 4.74 Å². The van der Waals surface area contributed by atoms with Crippen LogP contribution in [0.2, 0.25) is 0 Å². The van der Waals surface area contributed by atoms with Gasteiger partial charge < -0.3 is 9.94 Å². The van der Waals surface area contributed by atoms with Gasteiger partial charge in [0.2, 0.25) is 0 Å². The van der Waals surface area contributed by atoms with Crippen LogP contribution in [0.25, 0.3) is 0 Å². The highest BCUT2D eigenvalue weighted by Gasteiger charge is 2.46. The van der Waals surface area contributed by atoms with Gasteiger partial charge in [-0.25, -0.2) is 4.79 Å². The summed E-state index contributed by atoms with van der Waals surface area (Å²) in [5.41, 5.74) is 0.234. The maximum Gasteiger partial charge on any atom is 0.410 e. The van der Waals surface area contributed by atoms with Gasteiger partial charge in [-0.2, -0.15) is 0 Å². The van der Waals surface area contributed by atoms with Crippen LogP contribution in [0.3, 0.4) is 0 Å². The molecule has 2 aliphatic rings. The van der Waals surface area contributed by atoms with Gasteiger partial charge in [-0.05, 0) is 39.5 Å². The van der Waals surface area contributed by atoms with Gasteiger partial charge in [-0.1, -0.05) is 5.16 Å². The van der Waals surface area contributed by atoms with Gasteiger partial charge in [0.1, 0.15) is 5.60 Å². The first-order valence-corrected chi connectivity index (χ1v) is 5.61. The van der Waals surface area contributed by atoms with Gasteiger partial charge in [-0.3, -0.25) is 4.90 Å². The molecule has 0 aromatic carbocycles. The molecule has 1 aliphatic heterocycles. The lowest BCUT2D eigenvalue weighted by Crippen LogP contribution is -2.45. The van der Waals surface area contributed by atoms with Crippen molar-refractivity contribution in [2.24, 2.45) is 11.1 Å². The van der Waals surface area contributed by atoms with E-state index in [-0.39, 0.29) is 12.1 Å². The summed E-state index contributed by atoms with van der Waals surface area (Å²) in [6, 6.07) is -0.0511. The second kappa shape index (κ2) is 3.64. The molecule has 5 nitrogen and oxygen atoms in total.